The van der Waals surface area contributed by atoms with Gasteiger partial charge in [0, 0.05) is 31.9 Å². The lowest BCUT2D eigenvalue weighted by Gasteiger charge is -2.36. The predicted octanol–water partition coefficient (Wildman–Crippen LogP) is 0.865. The monoisotopic (exact) mass is 277 g/mol. The highest BCUT2D eigenvalue weighted by atomic mass is 16.5. The number of anilines is 1. The summed E-state index contributed by atoms with van der Waals surface area (Å²) in [6.07, 6.45) is 0.947. The number of hydrogen-bond donors (Lipinski definition) is 1. The number of carbonyl (C=O) groups excluding carboxylic acids is 1. The van der Waals surface area contributed by atoms with Gasteiger partial charge in [0.25, 0.3) is 0 Å². The Kier molecular flexibility index (Phi) is 4.84. The molecule has 0 aliphatic carbocycles. The minimum atomic E-state index is 0.0358. The molecule has 0 radical (unpaired) electrons. The van der Waals surface area contributed by atoms with Crippen molar-refractivity contribution in [3.63, 3.8) is 0 Å². The Morgan fingerprint density at radius 1 is 1.30 bits per heavy atom. The standard InChI is InChI=1S/C15H23N3O2/c1-3-12-10-13(4-5-14(12)20-2)17-6-8-18(9-7-17)15(19)11-16/h4-5,10H,3,6-9,11,16H2,1-2H3. The lowest BCUT2D eigenvalue weighted by molar-refractivity contribution is -0.129. The van der Waals surface area contributed by atoms with Crippen LogP contribution in [0.1, 0.15) is 12.5 Å². The molecule has 0 bridgehead atoms. The summed E-state index contributed by atoms with van der Waals surface area (Å²) in [6, 6.07) is 6.28. The van der Waals surface area contributed by atoms with Crippen molar-refractivity contribution in [1.29, 1.82) is 0 Å². The number of benzene rings is 1. The zero-order valence-corrected chi connectivity index (χ0v) is 12.3. The fourth-order valence-electron chi connectivity index (χ4n) is 2.58. The van der Waals surface area contributed by atoms with Crippen LogP contribution in [0.4, 0.5) is 5.69 Å². The maximum absolute atomic E-state index is 11.6. The Morgan fingerprint density at radius 3 is 2.55 bits per heavy atom. The third kappa shape index (κ3) is 3.04. The van der Waals surface area contributed by atoms with Gasteiger partial charge >= 0.3 is 0 Å². The molecule has 0 atom stereocenters. The Labute approximate surface area is 120 Å². The first-order chi connectivity index (χ1) is 9.69. The molecule has 5 nitrogen and oxygen atoms in total. The second-order valence-electron chi connectivity index (χ2n) is 4.92. The van der Waals surface area contributed by atoms with Gasteiger partial charge in [-0.05, 0) is 30.2 Å². The van der Waals surface area contributed by atoms with Crippen LogP contribution in [0.2, 0.25) is 0 Å². The molecular formula is C15H23N3O2. The third-order valence-electron chi connectivity index (χ3n) is 3.82. The first kappa shape index (κ1) is 14.7. The molecule has 1 saturated heterocycles. The van der Waals surface area contributed by atoms with Gasteiger partial charge in [-0.2, -0.15) is 0 Å². The molecule has 0 spiro atoms. The van der Waals surface area contributed by atoms with Crippen LogP contribution in [0.5, 0.6) is 5.75 Å². The van der Waals surface area contributed by atoms with Gasteiger partial charge in [-0.25, -0.2) is 0 Å². The largest absolute Gasteiger partial charge is 0.496 e. The number of nitrogens with zero attached hydrogens (tertiary/aromatic N) is 2. The van der Waals surface area contributed by atoms with E-state index in [0.29, 0.717) is 0 Å². The molecule has 1 aliphatic rings. The first-order valence-corrected chi connectivity index (χ1v) is 7.09. The molecule has 1 amide bonds. The van der Waals surface area contributed by atoms with Gasteiger partial charge < -0.3 is 20.3 Å². The van der Waals surface area contributed by atoms with E-state index in [2.05, 4.69) is 24.0 Å². The first-order valence-electron chi connectivity index (χ1n) is 7.09. The van der Waals surface area contributed by atoms with Crippen molar-refractivity contribution in [2.24, 2.45) is 5.73 Å². The van der Waals surface area contributed by atoms with Crippen molar-refractivity contribution < 1.29 is 9.53 Å². The lowest BCUT2D eigenvalue weighted by atomic mass is 10.1. The number of methoxy groups -OCH3 is 1. The Balaban J connectivity index is 2.05. The van der Waals surface area contributed by atoms with Crippen molar-refractivity contribution in [2.45, 2.75) is 13.3 Å². The van der Waals surface area contributed by atoms with Gasteiger partial charge in [-0.15, -0.1) is 0 Å². The fourth-order valence-corrected chi connectivity index (χ4v) is 2.58. The Bertz CT molecular complexity index is 468. The SMILES string of the molecule is CCc1cc(N2CCN(C(=O)CN)CC2)ccc1OC. The zero-order valence-electron chi connectivity index (χ0n) is 12.3. The molecule has 0 unspecified atom stereocenters. The maximum Gasteiger partial charge on any atom is 0.236 e. The number of ether oxygens (including phenoxy) is 1. The van der Waals surface area contributed by atoms with E-state index in [1.807, 2.05) is 11.0 Å². The summed E-state index contributed by atoms with van der Waals surface area (Å²) in [5, 5.41) is 0. The second-order valence-corrected chi connectivity index (χ2v) is 4.92. The van der Waals surface area contributed by atoms with Crippen molar-refractivity contribution in [2.75, 3.05) is 44.7 Å². The molecule has 0 saturated carbocycles. The quantitative estimate of drug-likeness (QED) is 0.887. The number of amides is 1. The van der Waals surface area contributed by atoms with E-state index >= 15 is 0 Å². The van der Waals surface area contributed by atoms with Crippen LogP contribution < -0.4 is 15.4 Å². The molecule has 5 heteroatoms. The molecule has 2 rings (SSSR count). The van der Waals surface area contributed by atoms with Gasteiger partial charge in [-0.3, -0.25) is 4.79 Å². The number of aryl methyl sites for hydroxylation is 1. The van der Waals surface area contributed by atoms with Gasteiger partial charge in [0.15, 0.2) is 0 Å². The summed E-state index contributed by atoms with van der Waals surface area (Å²) in [7, 11) is 1.70. The number of piperazine rings is 1. The van der Waals surface area contributed by atoms with Crippen LogP contribution >= 0.6 is 0 Å². The molecule has 1 fully saturated rings. The van der Waals surface area contributed by atoms with Gasteiger partial charge in [0.1, 0.15) is 5.75 Å². The molecule has 1 aromatic rings. The minimum Gasteiger partial charge on any atom is -0.496 e. The van der Waals surface area contributed by atoms with E-state index in [9.17, 15) is 4.79 Å². The number of carbonyl (C=O) groups is 1. The molecule has 2 N–H and O–H groups in total. The molecule has 20 heavy (non-hydrogen) atoms. The molecular weight excluding hydrogens is 254 g/mol. The average molecular weight is 277 g/mol. The highest BCUT2D eigenvalue weighted by Gasteiger charge is 2.20. The normalized spacial score (nSPS) is 15.3. The van der Waals surface area contributed by atoms with Crippen LogP contribution in [-0.2, 0) is 11.2 Å². The second kappa shape index (κ2) is 6.61. The van der Waals surface area contributed by atoms with Gasteiger partial charge in [0.05, 0.1) is 13.7 Å². The van der Waals surface area contributed by atoms with Crippen molar-refractivity contribution in [1.82, 2.24) is 4.90 Å². The van der Waals surface area contributed by atoms with E-state index in [-0.39, 0.29) is 12.5 Å². The smallest absolute Gasteiger partial charge is 0.236 e. The zero-order chi connectivity index (χ0) is 14.5. The molecule has 1 aromatic carbocycles. The van der Waals surface area contributed by atoms with Crippen LogP contribution in [0.3, 0.4) is 0 Å². The fraction of sp³-hybridized carbons (Fsp3) is 0.533. The summed E-state index contributed by atoms with van der Waals surface area (Å²) in [5.41, 5.74) is 7.81. The summed E-state index contributed by atoms with van der Waals surface area (Å²) in [4.78, 5) is 15.7. The maximum atomic E-state index is 11.6. The van der Waals surface area contributed by atoms with Crippen molar-refractivity contribution >= 4 is 11.6 Å². The summed E-state index contributed by atoms with van der Waals surface area (Å²) in [5.74, 6) is 0.974. The number of hydrogen-bond acceptors (Lipinski definition) is 4. The van der Waals surface area contributed by atoms with Crippen LogP contribution in [0.25, 0.3) is 0 Å². The van der Waals surface area contributed by atoms with Gasteiger partial charge in [0.2, 0.25) is 5.91 Å². The van der Waals surface area contributed by atoms with E-state index in [0.717, 1.165) is 38.3 Å². The molecule has 0 aromatic heterocycles. The summed E-state index contributed by atoms with van der Waals surface area (Å²) < 4.78 is 5.36. The van der Waals surface area contributed by atoms with E-state index in [4.69, 9.17) is 10.5 Å². The highest BCUT2D eigenvalue weighted by Crippen LogP contribution is 2.26. The average Bonchev–Trinajstić information content (AvgIpc) is 2.53. The van der Waals surface area contributed by atoms with Crippen molar-refractivity contribution in [3.05, 3.63) is 23.8 Å². The van der Waals surface area contributed by atoms with Crippen LogP contribution in [0.15, 0.2) is 18.2 Å². The van der Waals surface area contributed by atoms with Crippen molar-refractivity contribution in [3.8, 4) is 5.75 Å². The molecule has 110 valence electrons. The third-order valence-corrected chi connectivity index (χ3v) is 3.82. The predicted molar refractivity (Wildman–Crippen MR) is 80.2 cm³/mol. The number of nitrogens with two attached hydrogens (primary N) is 1. The highest BCUT2D eigenvalue weighted by molar-refractivity contribution is 5.78. The molecule has 1 aliphatic heterocycles. The topological polar surface area (TPSA) is 58.8 Å². The Morgan fingerprint density at radius 2 is 2.00 bits per heavy atom. The van der Waals surface area contributed by atoms with E-state index < -0.39 is 0 Å². The minimum absolute atomic E-state index is 0.0358. The van der Waals surface area contributed by atoms with E-state index in [1.54, 1.807) is 7.11 Å². The lowest BCUT2D eigenvalue weighted by Crippen LogP contribution is -2.50. The van der Waals surface area contributed by atoms with Gasteiger partial charge in [-0.1, -0.05) is 6.92 Å². The van der Waals surface area contributed by atoms with Crippen LogP contribution in [0, 0.1) is 0 Å². The summed E-state index contributed by atoms with van der Waals surface area (Å²) >= 11 is 0. The molecule has 1 heterocycles. The Hall–Kier alpha value is -1.75. The number of rotatable bonds is 4. The summed E-state index contributed by atoms with van der Waals surface area (Å²) in [6.45, 7) is 5.40. The van der Waals surface area contributed by atoms with E-state index in [1.165, 1.54) is 11.3 Å². The van der Waals surface area contributed by atoms with Crippen LogP contribution in [-0.4, -0.2) is 50.6 Å².